The summed E-state index contributed by atoms with van der Waals surface area (Å²) in [6, 6.07) is 5.97. The van der Waals surface area contributed by atoms with Crippen molar-refractivity contribution >= 4 is 51.0 Å². The van der Waals surface area contributed by atoms with Crippen LogP contribution in [-0.4, -0.2) is 84.7 Å². The number of piperazine rings is 1. The molecule has 5 rings (SSSR count). The fourth-order valence-electron chi connectivity index (χ4n) is 4.41. The molecule has 2 saturated heterocycles. The maximum Gasteiger partial charge on any atom is 0.253 e. The number of halogens is 1. The number of morpholine rings is 1. The number of nitrogens with zero attached hydrogens (tertiary/aromatic N) is 9. The molecule has 14 heteroatoms. The molecular formula is C22H28ClN9O2S2. The fourth-order valence-corrected chi connectivity index (χ4v) is 4.41. The molecule has 0 N–H and O–H groups in total. The lowest BCUT2D eigenvalue weighted by molar-refractivity contribution is -0.139. The number of ether oxygens (including phenoxy) is 1. The number of amides is 1. The van der Waals surface area contributed by atoms with Gasteiger partial charge in [0.25, 0.3) is 5.95 Å². The van der Waals surface area contributed by atoms with Crippen LogP contribution < -0.4 is 0 Å². The van der Waals surface area contributed by atoms with Crippen LogP contribution in [0.1, 0.15) is 22.8 Å². The highest BCUT2D eigenvalue weighted by Crippen LogP contribution is 2.32. The van der Waals surface area contributed by atoms with Crippen molar-refractivity contribution in [3.63, 3.8) is 0 Å². The van der Waals surface area contributed by atoms with E-state index in [1.807, 2.05) is 30.0 Å². The van der Waals surface area contributed by atoms with Gasteiger partial charge in [-0.1, -0.05) is 18.2 Å². The Labute approximate surface area is 229 Å². The van der Waals surface area contributed by atoms with Gasteiger partial charge < -0.3 is 9.64 Å². The van der Waals surface area contributed by atoms with Crippen molar-refractivity contribution in [2.75, 3.05) is 32.8 Å². The van der Waals surface area contributed by atoms with Crippen LogP contribution in [0.3, 0.4) is 0 Å². The smallest absolute Gasteiger partial charge is 0.253 e. The Kier molecular flexibility index (Phi) is 10.6. The zero-order valence-corrected chi connectivity index (χ0v) is 22.4. The molecule has 0 aliphatic carbocycles. The van der Waals surface area contributed by atoms with Gasteiger partial charge in [0.15, 0.2) is 5.69 Å². The molecule has 36 heavy (non-hydrogen) atoms. The molecule has 0 saturated carbocycles. The average molecular weight is 550 g/mol. The van der Waals surface area contributed by atoms with E-state index in [4.69, 9.17) is 11.3 Å². The first-order valence-corrected chi connectivity index (χ1v) is 10.8. The summed E-state index contributed by atoms with van der Waals surface area (Å²) in [6.07, 6.45) is 4.87. The summed E-state index contributed by atoms with van der Waals surface area (Å²) >= 11 is 0. The van der Waals surface area contributed by atoms with Gasteiger partial charge in [0, 0.05) is 38.6 Å². The standard InChI is InChI=1S/C22H23N9O2.ClH.2H2S/c1-15-18(4-3-5-19(15)23-2)20-12-29-6-7-30(11-17(29)13-33-20)21(32)8-16-9-24-22(25-10-16)31-14-26-27-28-31;;;/h3-5,9-10,14,17,20H,6-8,11-13H2,1H3;1H;2*1H2/t17-,20+;;;/m0.../s1. The van der Waals surface area contributed by atoms with E-state index < -0.39 is 0 Å². The number of tetrazole rings is 1. The molecule has 3 aromatic rings. The zero-order valence-electron chi connectivity index (χ0n) is 19.6. The highest BCUT2D eigenvalue weighted by atomic mass is 35.5. The normalized spacial score (nSPS) is 19.1. The van der Waals surface area contributed by atoms with Crippen LogP contribution in [0.4, 0.5) is 5.69 Å². The highest BCUT2D eigenvalue weighted by Gasteiger charge is 2.36. The van der Waals surface area contributed by atoms with Crippen molar-refractivity contribution < 1.29 is 9.53 Å². The predicted molar refractivity (Wildman–Crippen MR) is 145 cm³/mol. The van der Waals surface area contributed by atoms with Crippen molar-refractivity contribution in [2.45, 2.75) is 25.5 Å². The third kappa shape index (κ3) is 6.13. The first-order chi connectivity index (χ1) is 16.1. The lowest BCUT2D eigenvalue weighted by Crippen LogP contribution is -2.59. The van der Waals surface area contributed by atoms with Crippen molar-refractivity contribution in [3.05, 3.63) is 65.0 Å². The summed E-state index contributed by atoms with van der Waals surface area (Å²) in [5, 5.41) is 10.9. The van der Waals surface area contributed by atoms with Crippen molar-refractivity contribution in [2.24, 2.45) is 0 Å². The van der Waals surface area contributed by atoms with Crippen LogP contribution in [0.25, 0.3) is 10.8 Å². The van der Waals surface area contributed by atoms with E-state index in [9.17, 15) is 4.79 Å². The molecule has 1 amide bonds. The third-order valence-corrected chi connectivity index (χ3v) is 6.26. The second kappa shape index (κ2) is 13.0. The van der Waals surface area contributed by atoms with Gasteiger partial charge in [0.05, 0.1) is 31.7 Å². The monoisotopic (exact) mass is 549 g/mol. The fraction of sp³-hybridized carbons (Fsp3) is 0.409. The lowest BCUT2D eigenvalue weighted by Gasteiger charge is -2.46. The van der Waals surface area contributed by atoms with Crippen LogP contribution in [-0.2, 0) is 16.0 Å². The molecule has 0 unspecified atom stereocenters. The molecule has 2 atom stereocenters. The van der Waals surface area contributed by atoms with Crippen LogP contribution in [0, 0.1) is 13.5 Å². The van der Waals surface area contributed by atoms with Crippen LogP contribution in [0.15, 0.2) is 36.9 Å². The topological polar surface area (TPSA) is 107 Å². The van der Waals surface area contributed by atoms with E-state index in [1.165, 1.54) is 11.0 Å². The van der Waals surface area contributed by atoms with Crippen LogP contribution >= 0.6 is 39.4 Å². The Morgan fingerprint density at radius 3 is 2.67 bits per heavy atom. The third-order valence-electron chi connectivity index (χ3n) is 6.26. The Balaban J connectivity index is 0.00000152. The number of benzene rings is 1. The summed E-state index contributed by atoms with van der Waals surface area (Å²) in [5.74, 6) is 0.409. The minimum atomic E-state index is -0.0546. The minimum Gasteiger partial charge on any atom is -0.371 e. The SMILES string of the molecule is Cl.S.S.[C-]#[N+]c1cccc([C@H]2CN3CCN(C(=O)Cc4cnc(-n5cnnn5)nc4)C[C@H]3CO2)c1C. The van der Waals surface area contributed by atoms with Gasteiger partial charge in [-0.3, -0.25) is 9.69 Å². The van der Waals surface area contributed by atoms with Crippen LogP contribution in [0.2, 0.25) is 0 Å². The van der Waals surface area contributed by atoms with E-state index in [-0.39, 0.29) is 63.9 Å². The molecule has 0 spiro atoms. The molecular weight excluding hydrogens is 522 g/mol. The van der Waals surface area contributed by atoms with Gasteiger partial charge >= 0.3 is 0 Å². The number of fused-ring (bicyclic) bond motifs is 1. The first kappa shape index (κ1) is 29.5. The molecule has 4 heterocycles. The molecule has 0 radical (unpaired) electrons. The van der Waals surface area contributed by atoms with Crippen molar-refractivity contribution in [1.29, 1.82) is 0 Å². The summed E-state index contributed by atoms with van der Waals surface area (Å²) in [5.41, 5.74) is 3.47. The maximum absolute atomic E-state index is 12.9. The number of rotatable bonds is 4. The molecule has 2 aliphatic heterocycles. The molecule has 2 fully saturated rings. The molecule has 2 aromatic heterocycles. The Bertz CT molecular complexity index is 1190. The lowest BCUT2D eigenvalue weighted by atomic mass is 9.98. The van der Waals surface area contributed by atoms with Gasteiger partial charge in [-0.15, -0.1) is 17.5 Å². The maximum atomic E-state index is 12.9. The van der Waals surface area contributed by atoms with E-state index in [2.05, 4.69) is 35.2 Å². The summed E-state index contributed by atoms with van der Waals surface area (Å²) in [7, 11) is 0. The molecule has 2 aliphatic rings. The van der Waals surface area contributed by atoms with E-state index in [0.717, 1.165) is 29.8 Å². The average Bonchev–Trinajstić information content (AvgIpc) is 3.39. The highest BCUT2D eigenvalue weighted by molar-refractivity contribution is 7.59. The Morgan fingerprint density at radius 2 is 1.97 bits per heavy atom. The van der Waals surface area contributed by atoms with Gasteiger partial charge in [-0.05, 0) is 34.0 Å². The molecule has 1 aromatic carbocycles. The summed E-state index contributed by atoms with van der Waals surface area (Å²) < 4.78 is 7.55. The number of carbonyl (C=O) groups excluding carboxylic acids is 1. The summed E-state index contributed by atoms with van der Waals surface area (Å²) in [4.78, 5) is 29.3. The Hall–Kier alpha value is -2.76. The van der Waals surface area contributed by atoms with E-state index in [1.54, 1.807) is 12.4 Å². The number of carbonyl (C=O) groups is 1. The second-order valence-electron chi connectivity index (χ2n) is 8.24. The first-order valence-electron chi connectivity index (χ1n) is 10.8. The summed E-state index contributed by atoms with van der Waals surface area (Å²) in [6.45, 7) is 12.8. The quantitative estimate of drug-likeness (QED) is 0.453. The molecule has 0 bridgehead atoms. The zero-order chi connectivity index (χ0) is 22.8. The van der Waals surface area contributed by atoms with Gasteiger partial charge in [0.2, 0.25) is 5.91 Å². The molecule has 192 valence electrons. The number of aromatic nitrogens is 6. The second-order valence-corrected chi connectivity index (χ2v) is 8.24. The van der Waals surface area contributed by atoms with Gasteiger partial charge in [0.1, 0.15) is 6.33 Å². The Morgan fingerprint density at radius 1 is 1.19 bits per heavy atom. The largest absolute Gasteiger partial charge is 0.371 e. The molecule has 11 nitrogen and oxygen atoms in total. The van der Waals surface area contributed by atoms with Gasteiger partial charge in [-0.2, -0.15) is 31.7 Å². The minimum absolute atomic E-state index is 0. The van der Waals surface area contributed by atoms with Crippen LogP contribution in [0.5, 0.6) is 0 Å². The van der Waals surface area contributed by atoms with E-state index in [0.29, 0.717) is 31.3 Å². The number of hydrogen-bond acceptors (Lipinski definition) is 8. The van der Waals surface area contributed by atoms with E-state index >= 15 is 0 Å². The predicted octanol–water partition coefficient (Wildman–Crippen LogP) is 1.79. The number of hydrogen-bond donors (Lipinski definition) is 0. The van der Waals surface area contributed by atoms with Crippen molar-refractivity contribution in [3.8, 4) is 5.95 Å². The van der Waals surface area contributed by atoms with Gasteiger partial charge in [-0.25, -0.2) is 14.8 Å². The van der Waals surface area contributed by atoms with Crippen molar-refractivity contribution in [1.82, 2.24) is 40.0 Å².